The van der Waals surface area contributed by atoms with E-state index >= 15 is 0 Å². The van der Waals surface area contributed by atoms with Crippen LogP contribution in [-0.2, 0) is 7.05 Å². The summed E-state index contributed by atoms with van der Waals surface area (Å²) in [6.45, 7) is 5.82. The lowest BCUT2D eigenvalue weighted by Gasteiger charge is -2.37. The summed E-state index contributed by atoms with van der Waals surface area (Å²) in [4.78, 5) is 4.35. The van der Waals surface area contributed by atoms with Crippen molar-refractivity contribution in [1.82, 2.24) is 9.47 Å². The van der Waals surface area contributed by atoms with Crippen LogP contribution >= 0.6 is 0 Å². The lowest BCUT2D eigenvalue weighted by molar-refractivity contribution is 0.110. The van der Waals surface area contributed by atoms with E-state index in [9.17, 15) is 9.50 Å². The van der Waals surface area contributed by atoms with Crippen molar-refractivity contribution >= 4 is 16.6 Å². The molecule has 0 radical (unpaired) electrons. The molecular formula is C22H26FN3O. The number of aryl methyl sites for hydroxylation is 1. The molecule has 3 aromatic rings. The number of piperazine rings is 1. The lowest BCUT2D eigenvalue weighted by atomic mass is 10.0. The van der Waals surface area contributed by atoms with Crippen LogP contribution in [0.25, 0.3) is 10.9 Å². The number of rotatable bonds is 4. The Morgan fingerprint density at radius 1 is 1.00 bits per heavy atom. The highest BCUT2D eigenvalue weighted by atomic mass is 19.1. The third kappa shape index (κ3) is 3.33. The van der Waals surface area contributed by atoms with Gasteiger partial charge in [0, 0.05) is 61.9 Å². The molecule has 5 heteroatoms. The van der Waals surface area contributed by atoms with Gasteiger partial charge >= 0.3 is 0 Å². The van der Waals surface area contributed by atoms with Crippen molar-refractivity contribution in [3.8, 4) is 0 Å². The molecule has 1 atom stereocenters. The maximum Gasteiger partial charge on any atom is 0.146 e. The van der Waals surface area contributed by atoms with Crippen LogP contribution in [0.5, 0.6) is 0 Å². The molecule has 1 aromatic heterocycles. The molecule has 1 aliphatic heterocycles. The summed E-state index contributed by atoms with van der Waals surface area (Å²) < 4.78 is 16.1. The number of fused-ring (bicyclic) bond motifs is 1. The molecule has 1 fully saturated rings. The van der Waals surface area contributed by atoms with Gasteiger partial charge in [0.05, 0.1) is 11.8 Å². The minimum absolute atomic E-state index is 0.169. The summed E-state index contributed by atoms with van der Waals surface area (Å²) in [5.41, 5.74) is 3.94. The van der Waals surface area contributed by atoms with Crippen molar-refractivity contribution in [3.05, 3.63) is 65.6 Å². The van der Waals surface area contributed by atoms with Crippen LogP contribution in [0.4, 0.5) is 10.1 Å². The summed E-state index contributed by atoms with van der Waals surface area (Å²) in [6.07, 6.45) is -0.531. The van der Waals surface area contributed by atoms with Gasteiger partial charge in [0.15, 0.2) is 0 Å². The Kier molecular flexibility index (Phi) is 4.89. The van der Waals surface area contributed by atoms with Crippen molar-refractivity contribution in [2.75, 3.05) is 37.6 Å². The molecule has 0 amide bonds. The summed E-state index contributed by atoms with van der Waals surface area (Å²) in [7, 11) is 2.04. The first-order chi connectivity index (χ1) is 13.1. The van der Waals surface area contributed by atoms with Gasteiger partial charge in [0.2, 0.25) is 0 Å². The quantitative estimate of drug-likeness (QED) is 0.766. The second kappa shape index (κ2) is 7.33. The fourth-order valence-electron chi connectivity index (χ4n) is 4.19. The zero-order chi connectivity index (χ0) is 19.0. The Hall–Kier alpha value is -2.37. The fourth-order valence-corrected chi connectivity index (χ4v) is 4.19. The van der Waals surface area contributed by atoms with Gasteiger partial charge in [-0.25, -0.2) is 4.39 Å². The second-order valence-electron chi connectivity index (χ2n) is 7.33. The van der Waals surface area contributed by atoms with Crippen LogP contribution in [0.3, 0.4) is 0 Å². The van der Waals surface area contributed by atoms with Gasteiger partial charge in [-0.1, -0.05) is 30.3 Å². The standard InChI is InChI=1S/C22H26FN3O/c1-16-22(17-7-3-5-9-19(17)24(16)2)21(27)15-25-11-13-26(14-12-25)20-10-6-4-8-18(20)23/h3-10,21,27H,11-15H2,1-2H3. The van der Waals surface area contributed by atoms with Crippen LogP contribution < -0.4 is 4.90 Å². The molecule has 0 saturated carbocycles. The van der Waals surface area contributed by atoms with Crippen molar-refractivity contribution in [2.24, 2.45) is 7.05 Å². The van der Waals surface area contributed by atoms with E-state index in [2.05, 4.69) is 33.4 Å². The fraction of sp³-hybridized carbons (Fsp3) is 0.364. The molecule has 2 heterocycles. The first kappa shape index (κ1) is 18.0. The molecule has 142 valence electrons. The first-order valence-electron chi connectivity index (χ1n) is 9.50. The number of aliphatic hydroxyl groups excluding tert-OH is 1. The molecule has 0 aliphatic carbocycles. The van der Waals surface area contributed by atoms with Crippen LogP contribution in [-0.4, -0.2) is 47.3 Å². The SMILES string of the molecule is Cc1c(C(O)CN2CCN(c3ccccc3F)CC2)c2ccccc2n1C. The Balaban J connectivity index is 1.46. The van der Waals surface area contributed by atoms with Crippen molar-refractivity contribution in [2.45, 2.75) is 13.0 Å². The molecule has 2 aromatic carbocycles. The minimum atomic E-state index is -0.531. The Bertz CT molecular complexity index is 944. The maximum absolute atomic E-state index is 14.0. The van der Waals surface area contributed by atoms with Gasteiger partial charge in [-0.05, 0) is 25.1 Å². The van der Waals surface area contributed by atoms with E-state index in [1.807, 2.05) is 31.3 Å². The van der Waals surface area contributed by atoms with Gasteiger partial charge in [-0.2, -0.15) is 0 Å². The molecule has 1 N–H and O–H groups in total. The number of halogens is 1. The zero-order valence-corrected chi connectivity index (χ0v) is 15.9. The van der Waals surface area contributed by atoms with E-state index in [0.29, 0.717) is 12.2 Å². The van der Waals surface area contributed by atoms with E-state index in [1.165, 1.54) is 6.07 Å². The number of hydrogen-bond acceptors (Lipinski definition) is 3. The van der Waals surface area contributed by atoms with E-state index in [-0.39, 0.29) is 5.82 Å². The van der Waals surface area contributed by atoms with Gasteiger partial charge in [-0.3, -0.25) is 4.90 Å². The Morgan fingerprint density at radius 2 is 1.67 bits per heavy atom. The third-order valence-corrected chi connectivity index (χ3v) is 5.78. The van der Waals surface area contributed by atoms with E-state index in [4.69, 9.17) is 0 Å². The number of aliphatic hydroxyl groups is 1. The molecule has 1 unspecified atom stereocenters. The van der Waals surface area contributed by atoms with E-state index in [0.717, 1.165) is 48.3 Å². The largest absolute Gasteiger partial charge is 0.387 e. The predicted octanol–water partition coefficient (Wildman–Crippen LogP) is 3.48. The van der Waals surface area contributed by atoms with E-state index < -0.39 is 6.10 Å². The number of anilines is 1. The van der Waals surface area contributed by atoms with Gasteiger partial charge < -0.3 is 14.6 Å². The average molecular weight is 367 g/mol. The Morgan fingerprint density at radius 3 is 2.41 bits per heavy atom. The summed E-state index contributed by atoms with van der Waals surface area (Å²) in [6, 6.07) is 15.2. The summed E-state index contributed by atoms with van der Waals surface area (Å²) in [5, 5.41) is 12.1. The van der Waals surface area contributed by atoms with Crippen molar-refractivity contribution in [1.29, 1.82) is 0 Å². The van der Waals surface area contributed by atoms with Crippen molar-refractivity contribution in [3.63, 3.8) is 0 Å². The minimum Gasteiger partial charge on any atom is -0.387 e. The summed E-state index contributed by atoms with van der Waals surface area (Å²) >= 11 is 0. The topological polar surface area (TPSA) is 31.6 Å². The molecule has 4 rings (SSSR count). The number of nitrogens with zero attached hydrogens (tertiary/aromatic N) is 3. The Labute approximate surface area is 159 Å². The number of hydrogen-bond donors (Lipinski definition) is 1. The smallest absolute Gasteiger partial charge is 0.146 e. The van der Waals surface area contributed by atoms with Crippen LogP contribution in [0, 0.1) is 12.7 Å². The molecule has 4 nitrogen and oxygen atoms in total. The van der Waals surface area contributed by atoms with Crippen LogP contribution in [0.1, 0.15) is 17.4 Å². The summed E-state index contributed by atoms with van der Waals surface area (Å²) in [5.74, 6) is -0.169. The number of aromatic nitrogens is 1. The highest BCUT2D eigenvalue weighted by Gasteiger charge is 2.24. The molecule has 1 aliphatic rings. The van der Waals surface area contributed by atoms with Crippen molar-refractivity contribution < 1.29 is 9.50 Å². The lowest BCUT2D eigenvalue weighted by Crippen LogP contribution is -2.47. The normalized spacial score (nSPS) is 16.8. The highest BCUT2D eigenvalue weighted by Crippen LogP contribution is 2.31. The predicted molar refractivity (Wildman–Crippen MR) is 108 cm³/mol. The molecule has 0 bridgehead atoms. The molecule has 0 spiro atoms. The van der Waals surface area contributed by atoms with E-state index in [1.54, 1.807) is 6.07 Å². The third-order valence-electron chi connectivity index (χ3n) is 5.78. The first-order valence-corrected chi connectivity index (χ1v) is 9.50. The van der Waals surface area contributed by atoms with Gasteiger partial charge in [-0.15, -0.1) is 0 Å². The molecule has 27 heavy (non-hydrogen) atoms. The average Bonchev–Trinajstić information content (AvgIpc) is 2.94. The monoisotopic (exact) mass is 367 g/mol. The zero-order valence-electron chi connectivity index (χ0n) is 15.9. The van der Waals surface area contributed by atoms with Crippen LogP contribution in [0.15, 0.2) is 48.5 Å². The highest BCUT2D eigenvalue weighted by molar-refractivity contribution is 5.85. The maximum atomic E-state index is 14.0. The van der Waals surface area contributed by atoms with Gasteiger partial charge in [0.25, 0.3) is 0 Å². The second-order valence-corrected chi connectivity index (χ2v) is 7.33. The molecular weight excluding hydrogens is 341 g/mol. The number of β-amino-alcohol motifs (C(OH)–C–C–N with tert-alkyl or cyclic N) is 1. The number of para-hydroxylation sites is 2. The number of benzene rings is 2. The van der Waals surface area contributed by atoms with Crippen LogP contribution in [0.2, 0.25) is 0 Å². The van der Waals surface area contributed by atoms with Gasteiger partial charge in [0.1, 0.15) is 5.82 Å². The molecule has 1 saturated heterocycles.